The van der Waals surface area contributed by atoms with Crippen LogP contribution in [0.4, 0.5) is 0 Å². The van der Waals surface area contributed by atoms with Crippen LogP contribution in [0.25, 0.3) is 0 Å². The minimum absolute atomic E-state index is 0.394. The highest BCUT2D eigenvalue weighted by molar-refractivity contribution is 5.81. The summed E-state index contributed by atoms with van der Waals surface area (Å²) in [6.07, 6.45) is 1.54. The smallest absolute Gasteiger partial charge is 0.332 e. The van der Waals surface area contributed by atoms with Crippen molar-refractivity contribution in [2.24, 2.45) is 0 Å². The summed E-state index contributed by atoms with van der Waals surface area (Å²) in [6.45, 7) is 8.03. The van der Waals surface area contributed by atoms with Crippen LogP contribution < -0.4 is 0 Å². The van der Waals surface area contributed by atoms with Crippen molar-refractivity contribution in [3.63, 3.8) is 0 Å². The second kappa shape index (κ2) is 10.5. The lowest BCUT2D eigenvalue weighted by atomic mass is 10.5. The molecular weight excluding hydrogens is 200 g/mol. The molecule has 0 saturated carbocycles. The molecule has 5 nitrogen and oxygen atoms in total. The second-order valence-corrected chi connectivity index (χ2v) is 2.23. The fourth-order valence-electron chi connectivity index (χ4n) is 0.349. The molecule has 0 bridgehead atoms. The zero-order chi connectivity index (χ0) is 12.3. The van der Waals surface area contributed by atoms with E-state index in [2.05, 4.69) is 22.6 Å². The van der Waals surface area contributed by atoms with Gasteiger partial charge < -0.3 is 14.6 Å². The maximum atomic E-state index is 10.3. The van der Waals surface area contributed by atoms with Crippen molar-refractivity contribution in [1.82, 2.24) is 0 Å². The van der Waals surface area contributed by atoms with Gasteiger partial charge in [0.2, 0.25) is 6.29 Å². The van der Waals surface area contributed by atoms with Gasteiger partial charge >= 0.3 is 11.9 Å². The number of hydrogen-bond donors (Lipinski definition) is 1. The van der Waals surface area contributed by atoms with Crippen LogP contribution >= 0.6 is 0 Å². The van der Waals surface area contributed by atoms with E-state index in [4.69, 9.17) is 5.11 Å². The molecule has 1 atom stereocenters. The molecule has 0 rings (SSSR count). The molecule has 0 heterocycles. The maximum absolute atomic E-state index is 10.3. The van der Waals surface area contributed by atoms with Crippen molar-refractivity contribution >= 4 is 11.9 Å². The molecule has 0 saturated heterocycles. The Balaban J connectivity index is 0. The summed E-state index contributed by atoms with van der Waals surface area (Å²) in [4.78, 5) is 20.1. The molecule has 0 fully saturated rings. The van der Waals surface area contributed by atoms with E-state index < -0.39 is 18.2 Å². The Morgan fingerprint density at radius 2 is 1.80 bits per heavy atom. The number of carbonyl (C=O) groups is 2. The van der Waals surface area contributed by atoms with Gasteiger partial charge in [-0.2, -0.15) is 0 Å². The summed E-state index contributed by atoms with van der Waals surface area (Å²) in [7, 11) is 1.31. The highest BCUT2D eigenvalue weighted by atomic mass is 16.6. The predicted molar refractivity (Wildman–Crippen MR) is 54.8 cm³/mol. The van der Waals surface area contributed by atoms with E-state index in [0.29, 0.717) is 6.42 Å². The van der Waals surface area contributed by atoms with Crippen LogP contribution in [0, 0.1) is 0 Å². The molecule has 15 heavy (non-hydrogen) atoms. The number of aliphatic hydroxyl groups excluding tert-OH is 1. The summed E-state index contributed by atoms with van der Waals surface area (Å²) in [5.41, 5.74) is 0. The summed E-state index contributed by atoms with van der Waals surface area (Å²) in [5, 5.41) is 8.67. The number of methoxy groups -OCH3 is 1. The Hall–Kier alpha value is -1.62. The topological polar surface area (TPSA) is 72.8 Å². The molecule has 0 aliphatic carbocycles. The van der Waals surface area contributed by atoms with Gasteiger partial charge in [0.25, 0.3) is 0 Å². The van der Waals surface area contributed by atoms with Gasteiger partial charge in [-0.3, -0.25) is 0 Å². The quantitative estimate of drug-likeness (QED) is 0.427. The van der Waals surface area contributed by atoms with Crippen LogP contribution in [-0.4, -0.2) is 30.4 Å². The normalized spacial score (nSPS) is 10.1. The molecule has 0 spiro atoms. The molecule has 0 aromatic carbocycles. The summed E-state index contributed by atoms with van der Waals surface area (Å²) in [5.74, 6) is -0.987. The van der Waals surface area contributed by atoms with Crippen molar-refractivity contribution in [3.8, 4) is 0 Å². The number of ether oxygens (including phenoxy) is 2. The molecule has 0 aliphatic heterocycles. The van der Waals surface area contributed by atoms with Gasteiger partial charge in [-0.25, -0.2) is 9.59 Å². The number of rotatable bonds is 4. The van der Waals surface area contributed by atoms with E-state index >= 15 is 0 Å². The van der Waals surface area contributed by atoms with E-state index in [0.717, 1.165) is 12.2 Å². The van der Waals surface area contributed by atoms with Crippen molar-refractivity contribution in [3.05, 3.63) is 25.3 Å². The number of esters is 2. The lowest BCUT2D eigenvalue weighted by Gasteiger charge is -2.05. The van der Waals surface area contributed by atoms with Crippen molar-refractivity contribution < 1.29 is 24.2 Å². The standard InChI is InChI=1S/C6H10O3.C4H6O2/c1-3-5(7)9-6(8)4-2;1-3-4(5)6-2/h3,6,8H,1,4H2,2H3;3H,1H2,2H3. The molecular formula is C10H16O5. The summed E-state index contributed by atoms with van der Waals surface area (Å²) >= 11 is 0. The van der Waals surface area contributed by atoms with Crippen LogP contribution in [0.1, 0.15) is 13.3 Å². The average Bonchev–Trinajstić information content (AvgIpc) is 2.28. The molecule has 0 amide bonds. The lowest BCUT2D eigenvalue weighted by Crippen LogP contribution is -2.14. The molecule has 5 heteroatoms. The van der Waals surface area contributed by atoms with Crippen LogP contribution in [0.5, 0.6) is 0 Å². The van der Waals surface area contributed by atoms with Gasteiger partial charge in [-0.15, -0.1) is 0 Å². The minimum Gasteiger partial charge on any atom is -0.466 e. The summed E-state index contributed by atoms with van der Waals surface area (Å²) < 4.78 is 8.49. The Bertz CT molecular complexity index is 222. The van der Waals surface area contributed by atoms with E-state index in [1.54, 1.807) is 6.92 Å². The van der Waals surface area contributed by atoms with Gasteiger partial charge in [0.15, 0.2) is 0 Å². The first-order valence-corrected chi connectivity index (χ1v) is 4.23. The van der Waals surface area contributed by atoms with Crippen LogP contribution in [0.2, 0.25) is 0 Å². The number of hydrogen-bond acceptors (Lipinski definition) is 5. The Labute approximate surface area is 89.0 Å². The van der Waals surface area contributed by atoms with Crippen LogP contribution in [0.3, 0.4) is 0 Å². The minimum atomic E-state index is -0.990. The fourth-order valence-corrected chi connectivity index (χ4v) is 0.349. The molecule has 0 radical (unpaired) electrons. The van der Waals surface area contributed by atoms with Gasteiger partial charge in [-0.05, 0) is 0 Å². The Kier molecular flexibility index (Phi) is 11.0. The zero-order valence-corrected chi connectivity index (χ0v) is 8.93. The van der Waals surface area contributed by atoms with Crippen LogP contribution in [0.15, 0.2) is 25.3 Å². The maximum Gasteiger partial charge on any atom is 0.332 e. The monoisotopic (exact) mass is 216 g/mol. The first-order valence-electron chi connectivity index (χ1n) is 4.23. The molecule has 0 aliphatic rings. The van der Waals surface area contributed by atoms with Crippen molar-refractivity contribution in [1.29, 1.82) is 0 Å². The average molecular weight is 216 g/mol. The first-order chi connectivity index (χ1) is 7.01. The third kappa shape index (κ3) is 12.4. The largest absolute Gasteiger partial charge is 0.466 e. The highest BCUT2D eigenvalue weighted by Gasteiger charge is 2.02. The summed E-state index contributed by atoms with van der Waals surface area (Å²) in [6, 6.07) is 0. The molecule has 0 aromatic heterocycles. The SMILES string of the molecule is C=CC(=O)OC.C=CC(=O)OC(O)CC. The van der Waals surface area contributed by atoms with Crippen LogP contribution in [-0.2, 0) is 19.1 Å². The third-order valence-electron chi connectivity index (χ3n) is 1.14. The highest BCUT2D eigenvalue weighted by Crippen LogP contribution is 1.92. The molecule has 86 valence electrons. The zero-order valence-electron chi connectivity index (χ0n) is 8.93. The lowest BCUT2D eigenvalue weighted by molar-refractivity contribution is -0.161. The van der Waals surface area contributed by atoms with Crippen molar-refractivity contribution in [2.75, 3.05) is 7.11 Å². The van der Waals surface area contributed by atoms with Crippen molar-refractivity contribution in [2.45, 2.75) is 19.6 Å². The van der Waals surface area contributed by atoms with E-state index in [1.807, 2.05) is 0 Å². The molecule has 1 N–H and O–H groups in total. The van der Waals surface area contributed by atoms with Gasteiger partial charge in [0, 0.05) is 18.6 Å². The molecule has 1 unspecified atom stereocenters. The Morgan fingerprint density at radius 1 is 1.33 bits per heavy atom. The second-order valence-electron chi connectivity index (χ2n) is 2.23. The van der Waals surface area contributed by atoms with E-state index in [-0.39, 0.29) is 0 Å². The third-order valence-corrected chi connectivity index (χ3v) is 1.14. The first kappa shape index (κ1) is 15.8. The fraction of sp³-hybridized carbons (Fsp3) is 0.400. The predicted octanol–water partition coefficient (Wildman–Crippen LogP) is 0.789. The van der Waals surface area contributed by atoms with Gasteiger partial charge in [0.1, 0.15) is 0 Å². The van der Waals surface area contributed by atoms with E-state index in [9.17, 15) is 9.59 Å². The Morgan fingerprint density at radius 3 is 2.00 bits per heavy atom. The molecule has 0 aromatic rings. The van der Waals surface area contributed by atoms with E-state index in [1.165, 1.54) is 7.11 Å². The van der Waals surface area contributed by atoms with Gasteiger partial charge in [-0.1, -0.05) is 20.1 Å². The number of carbonyl (C=O) groups excluding carboxylic acids is 2. The number of aliphatic hydroxyl groups is 1. The van der Waals surface area contributed by atoms with Gasteiger partial charge in [0.05, 0.1) is 7.11 Å².